The van der Waals surface area contributed by atoms with Crippen molar-refractivity contribution in [2.24, 2.45) is 0 Å². The Bertz CT molecular complexity index is 979. The van der Waals surface area contributed by atoms with Gasteiger partial charge in [0.15, 0.2) is 0 Å². The average molecular weight is 302 g/mol. The molecule has 1 N–H and O–H groups in total. The Morgan fingerprint density at radius 3 is 2.39 bits per heavy atom. The summed E-state index contributed by atoms with van der Waals surface area (Å²) in [5.41, 5.74) is 5.15. The van der Waals surface area contributed by atoms with Gasteiger partial charge in [0.05, 0.1) is 6.10 Å². The van der Waals surface area contributed by atoms with Crippen molar-refractivity contribution in [3.8, 4) is 11.1 Å². The van der Waals surface area contributed by atoms with Crippen LogP contribution in [-0.2, 0) is 6.42 Å². The second-order valence-corrected chi connectivity index (χ2v) is 5.99. The maximum absolute atomic E-state index is 9.78. The summed E-state index contributed by atoms with van der Waals surface area (Å²) in [6.45, 7) is 1.82. The molecule has 0 aliphatic heterocycles. The lowest BCUT2D eigenvalue weighted by Gasteiger charge is -2.11. The highest BCUT2D eigenvalue weighted by Gasteiger charge is 2.14. The summed E-state index contributed by atoms with van der Waals surface area (Å²) in [6, 6.07) is 22.6. The number of hydrogen-bond donors (Lipinski definition) is 1. The summed E-state index contributed by atoms with van der Waals surface area (Å²) < 4.78 is 6.14. The zero-order chi connectivity index (χ0) is 15.8. The molecule has 1 aromatic heterocycles. The fraction of sp³-hybridized carbons (Fsp3) is 0.143. The van der Waals surface area contributed by atoms with Crippen LogP contribution < -0.4 is 0 Å². The van der Waals surface area contributed by atoms with Crippen LogP contribution >= 0.6 is 0 Å². The second kappa shape index (κ2) is 5.56. The van der Waals surface area contributed by atoms with E-state index in [0.29, 0.717) is 6.42 Å². The van der Waals surface area contributed by atoms with E-state index >= 15 is 0 Å². The second-order valence-electron chi connectivity index (χ2n) is 5.99. The molecule has 1 unspecified atom stereocenters. The summed E-state index contributed by atoms with van der Waals surface area (Å²) >= 11 is 0. The number of furan rings is 1. The molecule has 0 radical (unpaired) electrons. The first-order valence-electron chi connectivity index (χ1n) is 7.90. The zero-order valence-corrected chi connectivity index (χ0v) is 13.0. The van der Waals surface area contributed by atoms with E-state index in [9.17, 15) is 5.11 Å². The molecule has 0 aliphatic rings. The fourth-order valence-corrected chi connectivity index (χ4v) is 3.24. The van der Waals surface area contributed by atoms with Gasteiger partial charge in [-0.15, -0.1) is 0 Å². The highest BCUT2D eigenvalue weighted by Crippen LogP contribution is 2.36. The first kappa shape index (κ1) is 14.0. The minimum Gasteiger partial charge on any atom is -0.455 e. The summed E-state index contributed by atoms with van der Waals surface area (Å²) in [5.74, 6) is 0. The van der Waals surface area contributed by atoms with E-state index in [2.05, 4.69) is 36.4 Å². The van der Waals surface area contributed by atoms with Gasteiger partial charge in [0.25, 0.3) is 0 Å². The zero-order valence-electron chi connectivity index (χ0n) is 13.0. The Labute approximate surface area is 135 Å². The van der Waals surface area contributed by atoms with Gasteiger partial charge in [-0.05, 0) is 30.5 Å². The molecule has 0 bridgehead atoms. The molecule has 0 fully saturated rings. The largest absolute Gasteiger partial charge is 0.455 e. The molecule has 2 heteroatoms. The molecule has 0 aliphatic carbocycles. The van der Waals surface area contributed by atoms with E-state index < -0.39 is 0 Å². The SMILES string of the molecule is CC(O)Cc1ccccc1-c1cccc2c1oc1ccccc12. The molecule has 1 atom stereocenters. The predicted molar refractivity (Wildman–Crippen MR) is 94.5 cm³/mol. The Morgan fingerprint density at radius 1 is 0.826 bits per heavy atom. The molecule has 114 valence electrons. The number of aliphatic hydroxyl groups excluding tert-OH is 1. The van der Waals surface area contributed by atoms with Crippen LogP contribution in [0.5, 0.6) is 0 Å². The van der Waals surface area contributed by atoms with Gasteiger partial charge < -0.3 is 9.52 Å². The summed E-state index contributed by atoms with van der Waals surface area (Å²) in [4.78, 5) is 0. The summed E-state index contributed by atoms with van der Waals surface area (Å²) in [7, 11) is 0. The molecule has 0 saturated heterocycles. The molecule has 23 heavy (non-hydrogen) atoms. The van der Waals surface area contributed by atoms with Gasteiger partial charge in [-0.2, -0.15) is 0 Å². The molecule has 0 amide bonds. The van der Waals surface area contributed by atoms with Gasteiger partial charge in [-0.25, -0.2) is 0 Å². The maximum atomic E-state index is 9.78. The predicted octanol–water partition coefficient (Wildman–Crippen LogP) is 5.18. The molecule has 4 aromatic rings. The number of hydrogen-bond acceptors (Lipinski definition) is 2. The molecular weight excluding hydrogens is 284 g/mol. The third kappa shape index (κ3) is 2.41. The van der Waals surface area contributed by atoms with Crippen molar-refractivity contribution < 1.29 is 9.52 Å². The number of rotatable bonds is 3. The third-order valence-corrected chi connectivity index (χ3v) is 4.23. The van der Waals surface area contributed by atoms with Crippen LogP contribution in [0.1, 0.15) is 12.5 Å². The van der Waals surface area contributed by atoms with Crippen LogP contribution in [-0.4, -0.2) is 11.2 Å². The Kier molecular flexibility index (Phi) is 3.40. The van der Waals surface area contributed by atoms with Crippen LogP contribution in [0.15, 0.2) is 71.1 Å². The molecular formula is C21H18O2. The van der Waals surface area contributed by atoms with Crippen molar-refractivity contribution in [1.29, 1.82) is 0 Å². The molecule has 0 spiro atoms. The average Bonchev–Trinajstić information content (AvgIpc) is 2.94. The minimum absolute atomic E-state index is 0.369. The molecule has 2 nitrogen and oxygen atoms in total. The highest BCUT2D eigenvalue weighted by atomic mass is 16.3. The monoisotopic (exact) mass is 302 g/mol. The van der Waals surface area contributed by atoms with E-state index in [1.807, 2.05) is 37.3 Å². The van der Waals surface area contributed by atoms with Crippen LogP contribution in [0, 0.1) is 0 Å². The van der Waals surface area contributed by atoms with Crippen molar-refractivity contribution in [3.05, 3.63) is 72.3 Å². The smallest absolute Gasteiger partial charge is 0.143 e. The number of benzene rings is 3. The van der Waals surface area contributed by atoms with Crippen LogP contribution in [0.3, 0.4) is 0 Å². The number of fused-ring (bicyclic) bond motifs is 3. The topological polar surface area (TPSA) is 33.4 Å². The van der Waals surface area contributed by atoms with E-state index in [1.165, 1.54) is 0 Å². The Hall–Kier alpha value is -2.58. The van der Waals surface area contributed by atoms with Crippen molar-refractivity contribution in [2.45, 2.75) is 19.4 Å². The van der Waals surface area contributed by atoms with Gasteiger partial charge in [0, 0.05) is 16.3 Å². The lowest BCUT2D eigenvalue weighted by Crippen LogP contribution is -2.05. The lowest BCUT2D eigenvalue weighted by molar-refractivity contribution is 0.195. The van der Waals surface area contributed by atoms with Gasteiger partial charge >= 0.3 is 0 Å². The van der Waals surface area contributed by atoms with E-state index in [1.54, 1.807) is 0 Å². The number of para-hydroxylation sites is 2. The molecule has 3 aromatic carbocycles. The maximum Gasteiger partial charge on any atom is 0.143 e. The molecule has 0 saturated carbocycles. The van der Waals surface area contributed by atoms with Gasteiger partial charge in [-0.1, -0.05) is 60.7 Å². The fourth-order valence-electron chi connectivity index (χ4n) is 3.24. The van der Waals surface area contributed by atoms with Crippen LogP contribution in [0.25, 0.3) is 33.1 Å². The highest BCUT2D eigenvalue weighted by molar-refractivity contribution is 6.09. The molecule has 4 rings (SSSR count). The van der Waals surface area contributed by atoms with Crippen molar-refractivity contribution in [3.63, 3.8) is 0 Å². The van der Waals surface area contributed by atoms with Crippen LogP contribution in [0.2, 0.25) is 0 Å². The number of aliphatic hydroxyl groups is 1. The summed E-state index contributed by atoms with van der Waals surface area (Å²) in [5, 5.41) is 12.0. The van der Waals surface area contributed by atoms with Gasteiger partial charge in [-0.3, -0.25) is 0 Å². The van der Waals surface area contributed by atoms with Gasteiger partial charge in [0.2, 0.25) is 0 Å². The van der Waals surface area contributed by atoms with E-state index in [0.717, 1.165) is 38.6 Å². The van der Waals surface area contributed by atoms with Crippen molar-refractivity contribution in [1.82, 2.24) is 0 Å². The Morgan fingerprint density at radius 2 is 1.52 bits per heavy atom. The molecule has 1 heterocycles. The third-order valence-electron chi connectivity index (χ3n) is 4.23. The first-order chi connectivity index (χ1) is 11.2. The van der Waals surface area contributed by atoms with E-state index in [4.69, 9.17) is 4.42 Å². The minimum atomic E-state index is -0.369. The Balaban J connectivity index is 2.00. The standard InChI is InChI=1S/C21H18O2/c1-14(22)13-15-7-2-3-8-16(15)18-10-6-11-19-17-9-4-5-12-20(17)23-21(18)19/h2-12,14,22H,13H2,1H3. The van der Waals surface area contributed by atoms with Crippen molar-refractivity contribution in [2.75, 3.05) is 0 Å². The summed E-state index contributed by atoms with van der Waals surface area (Å²) in [6.07, 6.45) is 0.262. The normalized spacial score (nSPS) is 12.8. The first-order valence-corrected chi connectivity index (χ1v) is 7.90. The van der Waals surface area contributed by atoms with Crippen LogP contribution in [0.4, 0.5) is 0 Å². The van der Waals surface area contributed by atoms with Crippen molar-refractivity contribution >= 4 is 21.9 Å². The lowest BCUT2D eigenvalue weighted by atomic mass is 9.95. The quantitative estimate of drug-likeness (QED) is 0.566. The van der Waals surface area contributed by atoms with E-state index in [-0.39, 0.29) is 6.10 Å². The van der Waals surface area contributed by atoms with Gasteiger partial charge in [0.1, 0.15) is 11.2 Å².